The van der Waals surface area contributed by atoms with Crippen molar-refractivity contribution in [3.63, 3.8) is 0 Å². The first kappa shape index (κ1) is 16.5. The van der Waals surface area contributed by atoms with E-state index in [0.29, 0.717) is 30.5 Å². The van der Waals surface area contributed by atoms with Gasteiger partial charge in [0.05, 0.1) is 20.8 Å². The number of benzene rings is 2. The van der Waals surface area contributed by atoms with Crippen LogP contribution in [0.5, 0.6) is 17.2 Å². The molecule has 2 rings (SSSR count). The molecular formula is C17H21N3O3. The van der Waals surface area contributed by atoms with E-state index >= 15 is 0 Å². The zero-order valence-electron chi connectivity index (χ0n) is 13.2. The van der Waals surface area contributed by atoms with Crippen molar-refractivity contribution in [2.45, 2.75) is 13.1 Å². The van der Waals surface area contributed by atoms with E-state index < -0.39 is 0 Å². The zero-order chi connectivity index (χ0) is 16.7. The molecule has 0 heterocycles. The fraction of sp³-hybridized carbons (Fsp3) is 0.235. The van der Waals surface area contributed by atoms with Crippen molar-refractivity contribution in [1.82, 2.24) is 5.32 Å². The van der Waals surface area contributed by atoms with Crippen molar-refractivity contribution in [2.24, 2.45) is 10.7 Å². The van der Waals surface area contributed by atoms with E-state index in [1.165, 1.54) is 0 Å². The highest BCUT2D eigenvalue weighted by Crippen LogP contribution is 2.27. The van der Waals surface area contributed by atoms with Gasteiger partial charge < -0.3 is 25.6 Å². The van der Waals surface area contributed by atoms with Crippen LogP contribution in [0, 0.1) is 0 Å². The highest BCUT2D eigenvalue weighted by molar-refractivity contribution is 5.77. The third-order valence-electron chi connectivity index (χ3n) is 3.26. The number of hydrogen-bond acceptors (Lipinski definition) is 4. The molecule has 0 saturated heterocycles. The summed E-state index contributed by atoms with van der Waals surface area (Å²) in [6.45, 7) is 0.925. The summed E-state index contributed by atoms with van der Waals surface area (Å²) >= 11 is 0. The number of aromatic hydroxyl groups is 1. The van der Waals surface area contributed by atoms with Crippen molar-refractivity contribution in [3.8, 4) is 17.2 Å². The summed E-state index contributed by atoms with van der Waals surface area (Å²) in [5.74, 6) is 1.90. The SMILES string of the molecule is COc1ccc(CNC(N)=NCc2cccc(O)c2)cc1OC. The Morgan fingerprint density at radius 3 is 2.57 bits per heavy atom. The summed E-state index contributed by atoms with van der Waals surface area (Å²) in [5, 5.41) is 12.4. The van der Waals surface area contributed by atoms with Gasteiger partial charge in [0.2, 0.25) is 0 Å². The second-order valence-electron chi connectivity index (χ2n) is 4.91. The summed E-state index contributed by atoms with van der Waals surface area (Å²) in [6.07, 6.45) is 0. The number of rotatable bonds is 6. The Hall–Kier alpha value is -2.89. The molecule has 0 saturated carbocycles. The molecule has 0 aliphatic heterocycles. The zero-order valence-corrected chi connectivity index (χ0v) is 13.2. The van der Waals surface area contributed by atoms with Gasteiger partial charge in [0.25, 0.3) is 0 Å². The average Bonchev–Trinajstić information content (AvgIpc) is 2.57. The fourth-order valence-electron chi connectivity index (χ4n) is 2.07. The van der Waals surface area contributed by atoms with E-state index in [1.807, 2.05) is 24.3 Å². The van der Waals surface area contributed by atoms with Crippen LogP contribution in [0.1, 0.15) is 11.1 Å². The van der Waals surface area contributed by atoms with Crippen LogP contribution in [0.25, 0.3) is 0 Å². The number of hydrogen-bond donors (Lipinski definition) is 3. The number of aliphatic imine (C=N–C) groups is 1. The topological polar surface area (TPSA) is 89.1 Å². The molecule has 122 valence electrons. The summed E-state index contributed by atoms with van der Waals surface area (Å²) in [6, 6.07) is 12.6. The number of phenolic OH excluding ortho intramolecular Hbond substituents is 1. The maximum absolute atomic E-state index is 9.41. The number of phenols is 1. The lowest BCUT2D eigenvalue weighted by Gasteiger charge is -2.10. The van der Waals surface area contributed by atoms with E-state index in [9.17, 15) is 5.11 Å². The van der Waals surface area contributed by atoms with Crippen LogP contribution in [0.3, 0.4) is 0 Å². The first-order chi connectivity index (χ1) is 11.1. The van der Waals surface area contributed by atoms with Gasteiger partial charge in [-0.25, -0.2) is 4.99 Å². The van der Waals surface area contributed by atoms with Crippen LogP contribution < -0.4 is 20.5 Å². The number of nitrogens with two attached hydrogens (primary N) is 1. The van der Waals surface area contributed by atoms with Gasteiger partial charge in [-0.15, -0.1) is 0 Å². The quantitative estimate of drug-likeness (QED) is 0.560. The number of nitrogens with one attached hydrogen (secondary N) is 1. The first-order valence-corrected chi connectivity index (χ1v) is 7.15. The Morgan fingerprint density at radius 1 is 1.09 bits per heavy atom. The predicted octanol–water partition coefficient (Wildman–Crippen LogP) is 2.01. The normalized spacial score (nSPS) is 11.1. The smallest absolute Gasteiger partial charge is 0.189 e. The standard InChI is InChI=1S/C17H21N3O3/c1-22-15-7-6-13(9-16(15)23-2)11-20-17(18)19-10-12-4-3-5-14(21)8-12/h3-9,21H,10-11H2,1-2H3,(H3,18,19,20). The maximum Gasteiger partial charge on any atom is 0.189 e. The van der Waals surface area contributed by atoms with E-state index in [1.54, 1.807) is 32.4 Å². The number of guanidine groups is 1. The molecule has 0 aliphatic rings. The number of nitrogens with zero attached hydrogens (tertiary/aromatic N) is 1. The minimum absolute atomic E-state index is 0.217. The maximum atomic E-state index is 9.41. The van der Waals surface area contributed by atoms with Gasteiger partial charge in [0.15, 0.2) is 17.5 Å². The third-order valence-corrected chi connectivity index (χ3v) is 3.26. The molecule has 6 nitrogen and oxygen atoms in total. The summed E-state index contributed by atoms with van der Waals surface area (Å²) in [5.41, 5.74) is 7.74. The minimum atomic E-state index is 0.217. The summed E-state index contributed by atoms with van der Waals surface area (Å²) in [7, 11) is 3.20. The number of ether oxygens (including phenoxy) is 2. The molecule has 0 bridgehead atoms. The van der Waals surface area contributed by atoms with Gasteiger partial charge in [-0.05, 0) is 35.4 Å². The molecule has 2 aromatic carbocycles. The Balaban J connectivity index is 1.93. The lowest BCUT2D eigenvalue weighted by Crippen LogP contribution is -2.31. The molecule has 2 aromatic rings. The molecule has 23 heavy (non-hydrogen) atoms. The predicted molar refractivity (Wildman–Crippen MR) is 89.8 cm³/mol. The molecule has 0 aliphatic carbocycles. The van der Waals surface area contributed by atoms with Gasteiger partial charge >= 0.3 is 0 Å². The second kappa shape index (κ2) is 7.93. The first-order valence-electron chi connectivity index (χ1n) is 7.15. The highest BCUT2D eigenvalue weighted by Gasteiger charge is 2.04. The molecule has 4 N–H and O–H groups in total. The van der Waals surface area contributed by atoms with Crippen molar-refractivity contribution < 1.29 is 14.6 Å². The van der Waals surface area contributed by atoms with Gasteiger partial charge in [-0.3, -0.25) is 0 Å². The Kier molecular flexibility index (Phi) is 5.68. The molecule has 0 radical (unpaired) electrons. The van der Waals surface area contributed by atoms with E-state index in [4.69, 9.17) is 15.2 Å². The van der Waals surface area contributed by atoms with Crippen molar-refractivity contribution in [1.29, 1.82) is 0 Å². The van der Waals surface area contributed by atoms with E-state index in [0.717, 1.165) is 11.1 Å². The van der Waals surface area contributed by atoms with E-state index in [-0.39, 0.29) is 5.75 Å². The average molecular weight is 315 g/mol. The fourth-order valence-corrected chi connectivity index (χ4v) is 2.07. The van der Waals surface area contributed by atoms with Gasteiger partial charge in [0, 0.05) is 6.54 Å². The molecule has 6 heteroatoms. The van der Waals surface area contributed by atoms with Gasteiger partial charge in [0.1, 0.15) is 5.75 Å². The van der Waals surface area contributed by atoms with Gasteiger partial charge in [-0.2, -0.15) is 0 Å². The summed E-state index contributed by atoms with van der Waals surface area (Å²) in [4.78, 5) is 4.24. The van der Waals surface area contributed by atoms with Crippen LogP contribution in [0.2, 0.25) is 0 Å². The Bertz CT molecular complexity index is 687. The molecule has 0 aromatic heterocycles. The van der Waals surface area contributed by atoms with Crippen molar-refractivity contribution in [2.75, 3.05) is 14.2 Å². The van der Waals surface area contributed by atoms with Crippen molar-refractivity contribution in [3.05, 3.63) is 53.6 Å². The van der Waals surface area contributed by atoms with Crippen LogP contribution in [0.4, 0.5) is 0 Å². The number of methoxy groups -OCH3 is 2. The Labute approximate surface area is 135 Å². The van der Waals surface area contributed by atoms with E-state index in [2.05, 4.69) is 10.3 Å². The highest BCUT2D eigenvalue weighted by atomic mass is 16.5. The lowest BCUT2D eigenvalue weighted by atomic mass is 10.2. The van der Waals surface area contributed by atoms with Crippen LogP contribution in [-0.2, 0) is 13.1 Å². The second-order valence-corrected chi connectivity index (χ2v) is 4.91. The lowest BCUT2D eigenvalue weighted by molar-refractivity contribution is 0.354. The van der Waals surface area contributed by atoms with Gasteiger partial charge in [-0.1, -0.05) is 18.2 Å². The van der Waals surface area contributed by atoms with Crippen LogP contribution in [-0.4, -0.2) is 25.3 Å². The largest absolute Gasteiger partial charge is 0.508 e. The molecule has 0 amide bonds. The minimum Gasteiger partial charge on any atom is -0.508 e. The van der Waals surface area contributed by atoms with Crippen LogP contribution >= 0.6 is 0 Å². The third kappa shape index (κ3) is 4.81. The molecule has 0 atom stereocenters. The molecule has 0 spiro atoms. The Morgan fingerprint density at radius 2 is 1.87 bits per heavy atom. The van der Waals surface area contributed by atoms with Crippen molar-refractivity contribution >= 4 is 5.96 Å². The van der Waals surface area contributed by atoms with Crippen LogP contribution in [0.15, 0.2) is 47.5 Å². The molecule has 0 fully saturated rings. The monoisotopic (exact) mass is 315 g/mol. The summed E-state index contributed by atoms with van der Waals surface area (Å²) < 4.78 is 10.5. The molecule has 0 unspecified atom stereocenters. The molecular weight excluding hydrogens is 294 g/mol.